The lowest BCUT2D eigenvalue weighted by molar-refractivity contribution is -0.118. The molecular weight excluding hydrogens is 384 g/mol. The second-order valence-electron chi connectivity index (χ2n) is 6.93. The monoisotopic (exact) mass is 407 g/mol. The first-order valence-corrected chi connectivity index (χ1v) is 9.80. The largest absolute Gasteiger partial charge is 0.272 e. The Bertz CT molecular complexity index is 1050. The highest BCUT2D eigenvalue weighted by Crippen LogP contribution is 2.24. The number of pyridine rings is 1. The van der Waals surface area contributed by atoms with E-state index in [4.69, 9.17) is 0 Å². The summed E-state index contributed by atoms with van der Waals surface area (Å²) in [5, 5.41) is 5.72. The van der Waals surface area contributed by atoms with Crippen molar-refractivity contribution in [3.63, 3.8) is 0 Å². The van der Waals surface area contributed by atoms with E-state index in [1.807, 2.05) is 30.3 Å². The average molecular weight is 407 g/mol. The summed E-state index contributed by atoms with van der Waals surface area (Å²) in [7, 11) is 0. The molecule has 6 heteroatoms. The summed E-state index contributed by atoms with van der Waals surface area (Å²) in [5.74, 6) is -1.46. The van der Waals surface area contributed by atoms with E-state index in [0.29, 0.717) is 5.69 Å². The van der Waals surface area contributed by atoms with Gasteiger partial charge < -0.3 is 0 Å². The van der Waals surface area contributed by atoms with E-state index in [9.17, 15) is 13.6 Å². The number of carbonyl (C=O) groups excluding carboxylic acids is 1. The zero-order valence-corrected chi connectivity index (χ0v) is 17.0. The molecule has 4 nitrogen and oxygen atoms in total. The number of hydrazone groups is 1. The Morgan fingerprint density at radius 1 is 1.10 bits per heavy atom. The van der Waals surface area contributed by atoms with Crippen LogP contribution in [0, 0.1) is 11.6 Å². The number of benzene rings is 2. The molecule has 30 heavy (non-hydrogen) atoms. The molecule has 0 bridgehead atoms. The third-order valence-corrected chi connectivity index (χ3v) is 4.62. The summed E-state index contributed by atoms with van der Waals surface area (Å²) in [4.78, 5) is 17.3. The molecule has 3 rings (SSSR count). The van der Waals surface area contributed by atoms with E-state index in [1.54, 1.807) is 25.4 Å². The molecule has 0 fully saturated rings. The fourth-order valence-electron chi connectivity index (χ4n) is 3.17. The minimum absolute atomic E-state index is 0.0159. The number of hydrogen-bond acceptors (Lipinski definition) is 3. The van der Waals surface area contributed by atoms with Gasteiger partial charge in [0.2, 0.25) is 0 Å². The maximum Gasteiger partial charge on any atom is 0.251 e. The number of halogens is 2. The fourth-order valence-corrected chi connectivity index (χ4v) is 3.17. The topological polar surface area (TPSA) is 45.6 Å². The smallest absolute Gasteiger partial charge is 0.251 e. The van der Waals surface area contributed by atoms with Crippen LogP contribution < -0.4 is 5.01 Å². The summed E-state index contributed by atoms with van der Waals surface area (Å²) in [6, 6.07) is 14.2. The van der Waals surface area contributed by atoms with Crippen molar-refractivity contribution in [1.82, 2.24) is 4.98 Å². The van der Waals surface area contributed by atoms with Crippen LogP contribution in [0.2, 0.25) is 0 Å². The second kappa shape index (κ2) is 9.87. The molecule has 0 aliphatic heterocycles. The lowest BCUT2D eigenvalue weighted by Gasteiger charge is -2.22. The normalized spacial score (nSPS) is 11.4. The number of carbonyl (C=O) groups is 1. The van der Waals surface area contributed by atoms with E-state index < -0.39 is 11.6 Å². The first-order valence-electron chi connectivity index (χ1n) is 9.80. The van der Waals surface area contributed by atoms with Gasteiger partial charge in [0, 0.05) is 18.0 Å². The number of anilines is 1. The van der Waals surface area contributed by atoms with Gasteiger partial charge >= 0.3 is 0 Å². The zero-order valence-electron chi connectivity index (χ0n) is 17.0. The van der Waals surface area contributed by atoms with Crippen molar-refractivity contribution in [3.05, 3.63) is 95.3 Å². The van der Waals surface area contributed by atoms with E-state index in [1.165, 1.54) is 5.01 Å². The number of aryl methyl sites for hydroxylation is 1. The van der Waals surface area contributed by atoms with Gasteiger partial charge in [-0.1, -0.05) is 37.6 Å². The Hall–Kier alpha value is -3.41. The van der Waals surface area contributed by atoms with Crippen LogP contribution in [0.25, 0.3) is 0 Å². The number of aromatic nitrogens is 1. The molecule has 0 spiro atoms. The van der Waals surface area contributed by atoms with Gasteiger partial charge in [-0.3, -0.25) is 9.78 Å². The molecule has 0 radical (unpaired) electrons. The van der Waals surface area contributed by atoms with Crippen LogP contribution in [0.1, 0.15) is 37.0 Å². The van der Waals surface area contributed by atoms with Crippen LogP contribution in [-0.4, -0.2) is 16.6 Å². The highest BCUT2D eigenvalue weighted by atomic mass is 19.1. The number of rotatable bonds is 7. The molecule has 0 aliphatic carbocycles. The first-order chi connectivity index (χ1) is 14.5. The molecule has 0 saturated carbocycles. The lowest BCUT2D eigenvalue weighted by Crippen LogP contribution is -2.29. The van der Waals surface area contributed by atoms with Crippen molar-refractivity contribution in [2.75, 3.05) is 5.01 Å². The molecule has 154 valence electrons. The molecule has 1 aromatic heterocycles. The third kappa shape index (κ3) is 5.14. The first kappa shape index (κ1) is 21.3. The number of amides is 1. The Morgan fingerprint density at radius 2 is 1.90 bits per heavy atom. The highest BCUT2D eigenvalue weighted by molar-refractivity contribution is 6.03. The van der Waals surface area contributed by atoms with Crippen molar-refractivity contribution < 1.29 is 13.6 Å². The van der Waals surface area contributed by atoms with Crippen LogP contribution in [0.3, 0.4) is 0 Å². The molecule has 3 aromatic rings. The molecule has 0 saturated heterocycles. The van der Waals surface area contributed by atoms with Crippen LogP contribution in [0.5, 0.6) is 0 Å². The van der Waals surface area contributed by atoms with Gasteiger partial charge in [0.1, 0.15) is 11.6 Å². The van der Waals surface area contributed by atoms with Gasteiger partial charge in [0.05, 0.1) is 17.8 Å². The van der Waals surface area contributed by atoms with E-state index >= 15 is 0 Å². The van der Waals surface area contributed by atoms with Gasteiger partial charge in [-0.2, -0.15) is 10.1 Å². The Kier molecular flexibility index (Phi) is 7.01. The summed E-state index contributed by atoms with van der Waals surface area (Å²) >= 11 is 0. The summed E-state index contributed by atoms with van der Waals surface area (Å²) < 4.78 is 27.9. The Labute approximate surface area is 174 Å². The number of nitrogens with zero attached hydrogens (tertiary/aromatic N) is 3. The summed E-state index contributed by atoms with van der Waals surface area (Å²) in [6.07, 6.45) is 4.99. The molecule has 0 N–H and O–H groups in total. The van der Waals surface area contributed by atoms with Gasteiger partial charge in [0.15, 0.2) is 0 Å². The van der Waals surface area contributed by atoms with Gasteiger partial charge in [-0.25, -0.2) is 8.78 Å². The number of hydrogen-bond donors (Lipinski definition) is 0. The van der Waals surface area contributed by atoms with Crippen LogP contribution in [0.4, 0.5) is 14.5 Å². The molecule has 2 aromatic carbocycles. The molecule has 0 aliphatic rings. The maximum atomic E-state index is 14.3. The average Bonchev–Trinajstić information content (AvgIpc) is 2.75. The predicted molar refractivity (Wildman–Crippen MR) is 114 cm³/mol. The Balaban J connectivity index is 2.05. The van der Waals surface area contributed by atoms with E-state index in [2.05, 4.69) is 17.0 Å². The van der Waals surface area contributed by atoms with Crippen molar-refractivity contribution in [1.29, 1.82) is 0 Å². The molecular formula is C24H23F2N3O. The van der Waals surface area contributed by atoms with Crippen molar-refractivity contribution in [2.45, 2.75) is 33.1 Å². The van der Waals surface area contributed by atoms with Crippen molar-refractivity contribution in [2.24, 2.45) is 5.10 Å². The fraction of sp³-hybridized carbons (Fsp3) is 0.208. The summed E-state index contributed by atoms with van der Waals surface area (Å²) in [5.41, 5.74) is 2.55. The standard InChI is InChI=1S/C24H23F2N3O/c1-3-7-19-9-4-5-10-23(19)29(24(30)14-18-8-6-13-27-16-18)28-17(2)21-15-20(25)11-12-22(21)26/h4-6,8-13,15-16H,3,7,14H2,1-2H3/b28-17+. The SMILES string of the molecule is CCCc1ccccc1N(/N=C(\C)c1cc(F)ccc1F)C(=O)Cc1cccnc1. The maximum absolute atomic E-state index is 14.3. The van der Waals surface area contributed by atoms with Crippen molar-refractivity contribution >= 4 is 17.3 Å². The minimum Gasteiger partial charge on any atom is -0.272 e. The molecule has 0 unspecified atom stereocenters. The second-order valence-corrected chi connectivity index (χ2v) is 6.93. The highest BCUT2D eigenvalue weighted by Gasteiger charge is 2.20. The van der Waals surface area contributed by atoms with E-state index in [0.717, 1.165) is 42.2 Å². The zero-order chi connectivity index (χ0) is 21.5. The Morgan fingerprint density at radius 3 is 2.63 bits per heavy atom. The minimum atomic E-state index is -0.598. The van der Waals surface area contributed by atoms with Gasteiger partial charge in [0.25, 0.3) is 5.91 Å². The van der Waals surface area contributed by atoms with Crippen molar-refractivity contribution in [3.8, 4) is 0 Å². The molecule has 1 amide bonds. The quantitative estimate of drug-likeness (QED) is 0.393. The van der Waals surface area contributed by atoms with Crippen LogP contribution in [-0.2, 0) is 17.6 Å². The molecule has 0 atom stereocenters. The summed E-state index contributed by atoms with van der Waals surface area (Å²) in [6.45, 7) is 3.61. The van der Waals surface area contributed by atoms with Gasteiger partial charge in [-0.15, -0.1) is 0 Å². The number of para-hydroxylation sites is 1. The third-order valence-electron chi connectivity index (χ3n) is 4.62. The predicted octanol–water partition coefficient (Wildman–Crippen LogP) is 5.31. The van der Waals surface area contributed by atoms with Gasteiger partial charge in [-0.05, 0) is 54.8 Å². The van der Waals surface area contributed by atoms with E-state index in [-0.39, 0.29) is 23.6 Å². The molecule has 1 heterocycles. The lowest BCUT2D eigenvalue weighted by atomic mass is 10.1. The van der Waals surface area contributed by atoms with Crippen LogP contribution in [0.15, 0.2) is 72.1 Å². The van der Waals surface area contributed by atoms with Crippen LogP contribution >= 0.6 is 0 Å².